The summed E-state index contributed by atoms with van der Waals surface area (Å²) in [4.78, 5) is 14.3. The molecule has 1 aromatic rings. The van der Waals surface area contributed by atoms with Gasteiger partial charge < -0.3 is 5.11 Å². The standard InChI is InChI=1S/C11H13N3O2/c1-8-6-11(16,14(13-8)9(2)15)10-4-3-5-12-7-10/h3-7,13,16H,1-2H3/p+1. The molecule has 0 radical (unpaired) electrons. The minimum Gasteiger partial charge on any atom is -0.362 e. The average molecular weight is 220 g/mol. The van der Waals surface area contributed by atoms with Crippen LogP contribution in [0.3, 0.4) is 0 Å². The lowest BCUT2D eigenvalue weighted by atomic mass is 10.0. The first-order valence-corrected chi connectivity index (χ1v) is 5.00. The molecule has 0 aliphatic carbocycles. The van der Waals surface area contributed by atoms with Crippen LogP contribution in [-0.4, -0.2) is 16.0 Å². The van der Waals surface area contributed by atoms with Gasteiger partial charge in [-0.05, 0) is 19.1 Å². The fourth-order valence-corrected chi connectivity index (χ4v) is 1.81. The molecule has 1 amide bonds. The molecule has 0 fully saturated rings. The topological polar surface area (TPSA) is 66.7 Å². The molecule has 3 N–H and O–H groups in total. The summed E-state index contributed by atoms with van der Waals surface area (Å²) < 4.78 is 0. The quantitative estimate of drug-likeness (QED) is 0.695. The summed E-state index contributed by atoms with van der Waals surface area (Å²) in [5.74, 6) is -0.251. The smallest absolute Gasteiger partial charge is 0.240 e. The molecule has 1 atom stereocenters. The summed E-state index contributed by atoms with van der Waals surface area (Å²) in [6.07, 6.45) is 5.01. The molecule has 1 unspecified atom stereocenters. The second-order valence-corrected chi connectivity index (χ2v) is 3.81. The minimum atomic E-state index is -1.42. The SMILES string of the molecule is CC(=O)N1NC(C)=CC1(O)c1ccc[nH+]c1. The Balaban J connectivity index is 2.46. The average Bonchev–Trinajstić information content (AvgIpc) is 2.57. The number of H-pyrrole nitrogens is 1. The van der Waals surface area contributed by atoms with Gasteiger partial charge in [-0.3, -0.25) is 10.2 Å². The molecule has 2 rings (SSSR count). The number of hydrogen-bond acceptors (Lipinski definition) is 3. The van der Waals surface area contributed by atoms with Gasteiger partial charge in [-0.2, -0.15) is 0 Å². The Bertz CT molecular complexity index is 444. The number of nitrogens with zero attached hydrogens (tertiary/aromatic N) is 1. The lowest BCUT2D eigenvalue weighted by Crippen LogP contribution is -2.49. The van der Waals surface area contributed by atoms with E-state index in [1.54, 1.807) is 37.5 Å². The number of nitrogens with one attached hydrogen (secondary N) is 2. The number of hydrazine groups is 1. The van der Waals surface area contributed by atoms with Crippen LogP contribution < -0.4 is 10.4 Å². The highest BCUT2D eigenvalue weighted by Gasteiger charge is 2.42. The maximum Gasteiger partial charge on any atom is 0.240 e. The lowest BCUT2D eigenvalue weighted by Gasteiger charge is -2.30. The number of carbonyl (C=O) groups excluding carboxylic acids is 1. The first-order chi connectivity index (χ1) is 7.54. The Morgan fingerprint density at radius 2 is 2.38 bits per heavy atom. The van der Waals surface area contributed by atoms with Crippen molar-refractivity contribution in [2.45, 2.75) is 19.6 Å². The van der Waals surface area contributed by atoms with E-state index in [9.17, 15) is 9.90 Å². The molecule has 84 valence electrons. The van der Waals surface area contributed by atoms with Crippen molar-refractivity contribution in [2.24, 2.45) is 0 Å². The van der Waals surface area contributed by atoms with Gasteiger partial charge >= 0.3 is 0 Å². The largest absolute Gasteiger partial charge is 0.362 e. The fraction of sp³-hybridized carbons (Fsp3) is 0.273. The van der Waals surface area contributed by atoms with Gasteiger partial charge in [0.25, 0.3) is 0 Å². The van der Waals surface area contributed by atoms with Gasteiger partial charge in [0, 0.05) is 18.7 Å². The van der Waals surface area contributed by atoms with Crippen molar-refractivity contribution in [3.05, 3.63) is 41.9 Å². The Morgan fingerprint density at radius 1 is 1.62 bits per heavy atom. The van der Waals surface area contributed by atoms with E-state index in [0.29, 0.717) is 5.56 Å². The van der Waals surface area contributed by atoms with Gasteiger partial charge in [0.05, 0.1) is 5.56 Å². The van der Waals surface area contributed by atoms with E-state index in [4.69, 9.17) is 0 Å². The highest BCUT2D eigenvalue weighted by atomic mass is 16.3. The molecule has 1 aliphatic rings. The van der Waals surface area contributed by atoms with E-state index < -0.39 is 5.72 Å². The fourth-order valence-electron chi connectivity index (χ4n) is 1.81. The molecule has 2 heterocycles. The van der Waals surface area contributed by atoms with E-state index in [1.165, 1.54) is 11.9 Å². The number of aliphatic hydroxyl groups is 1. The third kappa shape index (κ3) is 1.55. The summed E-state index contributed by atoms with van der Waals surface area (Å²) in [7, 11) is 0. The molecular weight excluding hydrogens is 206 g/mol. The molecule has 5 nitrogen and oxygen atoms in total. The van der Waals surface area contributed by atoms with E-state index in [2.05, 4.69) is 10.4 Å². The van der Waals surface area contributed by atoms with Crippen LogP contribution in [0.25, 0.3) is 0 Å². The first-order valence-electron chi connectivity index (χ1n) is 5.00. The molecular formula is C11H14N3O2+. The third-order valence-corrected chi connectivity index (χ3v) is 2.49. The van der Waals surface area contributed by atoms with Crippen LogP contribution >= 0.6 is 0 Å². The number of hydrogen-bond donors (Lipinski definition) is 2. The van der Waals surface area contributed by atoms with E-state index >= 15 is 0 Å². The molecule has 0 spiro atoms. The number of aromatic amines is 1. The van der Waals surface area contributed by atoms with Crippen molar-refractivity contribution in [3.8, 4) is 0 Å². The predicted molar refractivity (Wildman–Crippen MR) is 56.3 cm³/mol. The summed E-state index contributed by atoms with van der Waals surface area (Å²) in [5.41, 5.74) is 2.74. The Labute approximate surface area is 93.4 Å². The number of carbonyl (C=O) groups is 1. The molecule has 0 saturated heterocycles. The van der Waals surface area contributed by atoms with Crippen LogP contribution in [0, 0.1) is 0 Å². The van der Waals surface area contributed by atoms with Gasteiger partial charge in [0.2, 0.25) is 11.6 Å². The lowest BCUT2D eigenvalue weighted by molar-refractivity contribution is -0.380. The van der Waals surface area contributed by atoms with Crippen molar-refractivity contribution >= 4 is 5.91 Å². The van der Waals surface area contributed by atoms with Crippen molar-refractivity contribution in [1.29, 1.82) is 0 Å². The summed E-state index contributed by atoms with van der Waals surface area (Å²) in [6, 6.07) is 3.52. The highest BCUT2D eigenvalue weighted by molar-refractivity contribution is 5.74. The summed E-state index contributed by atoms with van der Waals surface area (Å²) in [5, 5.41) is 11.7. The van der Waals surface area contributed by atoms with Crippen LogP contribution in [0.4, 0.5) is 0 Å². The first kappa shape index (κ1) is 10.6. The Kier molecular flexibility index (Phi) is 2.40. The minimum absolute atomic E-state index is 0.251. The van der Waals surface area contributed by atoms with Crippen LogP contribution in [-0.2, 0) is 10.5 Å². The third-order valence-electron chi connectivity index (χ3n) is 2.49. The number of amides is 1. The van der Waals surface area contributed by atoms with Crippen LogP contribution in [0.1, 0.15) is 19.4 Å². The molecule has 0 bridgehead atoms. The van der Waals surface area contributed by atoms with Crippen LogP contribution in [0.15, 0.2) is 36.3 Å². The predicted octanol–water partition coefficient (Wildman–Crippen LogP) is -0.0837. The van der Waals surface area contributed by atoms with Crippen molar-refractivity contribution < 1.29 is 14.9 Å². The van der Waals surface area contributed by atoms with Crippen molar-refractivity contribution in [2.75, 3.05) is 0 Å². The van der Waals surface area contributed by atoms with Gasteiger partial charge in [-0.1, -0.05) is 0 Å². The zero-order chi connectivity index (χ0) is 11.8. The van der Waals surface area contributed by atoms with Gasteiger partial charge in [-0.15, -0.1) is 0 Å². The van der Waals surface area contributed by atoms with E-state index in [-0.39, 0.29) is 5.91 Å². The van der Waals surface area contributed by atoms with Gasteiger partial charge in [0.15, 0.2) is 12.4 Å². The Morgan fingerprint density at radius 3 is 2.94 bits per heavy atom. The number of aromatic nitrogens is 1. The maximum atomic E-state index is 11.4. The molecule has 1 aromatic heterocycles. The zero-order valence-electron chi connectivity index (χ0n) is 9.19. The summed E-state index contributed by atoms with van der Waals surface area (Å²) in [6.45, 7) is 3.19. The molecule has 5 heteroatoms. The van der Waals surface area contributed by atoms with Gasteiger partial charge in [-0.25, -0.2) is 9.99 Å². The monoisotopic (exact) mass is 220 g/mol. The number of allylic oxidation sites excluding steroid dienone is 1. The maximum absolute atomic E-state index is 11.4. The molecule has 0 saturated carbocycles. The van der Waals surface area contributed by atoms with Crippen molar-refractivity contribution in [1.82, 2.24) is 10.4 Å². The molecule has 16 heavy (non-hydrogen) atoms. The van der Waals surface area contributed by atoms with Crippen LogP contribution in [0.2, 0.25) is 0 Å². The number of pyridine rings is 1. The Hall–Kier alpha value is -1.88. The zero-order valence-corrected chi connectivity index (χ0v) is 9.19. The normalized spacial score (nSPS) is 23.9. The highest BCUT2D eigenvalue weighted by Crippen LogP contribution is 2.30. The number of rotatable bonds is 1. The van der Waals surface area contributed by atoms with E-state index in [0.717, 1.165) is 5.70 Å². The second kappa shape index (κ2) is 3.61. The van der Waals surface area contributed by atoms with Crippen molar-refractivity contribution in [3.63, 3.8) is 0 Å². The van der Waals surface area contributed by atoms with Gasteiger partial charge in [0.1, 0.15) is 0 Å². The summed E-state index contributed by atoms with van der Waals surface area (Å²) >= 11 is 0. The molecule has 0 aromatic carbocycles. The second-order valence-electron chi connectivity index (χ2n) is 3.81. The van der Waals surface area contributed by atoms with Crippen LogP contribution in [0.5, 0.6) is 0 Å². The van der Waals surface area contributed by atoms with E-state index in [1.807, 2.05) is 0 Å². The molecule has 1 aliphatic heterocycles.